The van der Waals surface area contributed by atoms with E-state index in [9.17, 15) is 9.59 Å². The van der Waals surface area contributed by atoms with Crippen LogP contribution in [0.4, 0.5) is 5.69 Å². The number of carbonyl (C=O) groups is 2. The molecule has 0 spiro atoms. The molecule has 0 bridgehead atoms. The number of hydrogen-bond acceptors (Lipinski definition) is 6. The van der Waals surface area contributed by atoms with Crippen molar-refractivity contribution in [2.24, 2.45) is 4.99 Å². The molecule has 0 aromatic heterocycles. The highest BCUT2D eigenvalue weighted by atomic mass is 35.5. The van der Waals surface area contributed by atoms with Gasteiger partial charge in [-0.3, -0.25) is 9.59 Å². The van der Waals surface area contributed by atoms with Crippen molar-refractivity contribution in [3.63, 3.8) is 0 Å². The number of ether oxygens (including phenoxy) is 1. The van der Waals surface area contributed by atoms with Crippen molar-refractivity contribution in [1.82, 2.24) is 9.80 Å². The molecule has 1 atom stereocenters. The maximum Gasteiger partial charge on any atom is 0.255 e. The number of thioether (sulfide) groups is 1. The lowest BCUT2D eigenvalue weighted by molar-refractivity contribution is -0.134. The van der Waals surface area contributed by atoms with E-state index < -0.39 is 6.04 Å². The van der Waals surface area contributed by atoms with Gasteiger partial charge in [0.1, 0.15) is 0 Å². The highest BCUT2D eigenvalue weighted by molar-refractivity contribution is 8.16. The number of allylic oxidation sites excluding steroid dienone is 1. The number of para-hydroxylation sites is 1. The van der Waals surface area contributed by atoms with Crippen LogP contribution >= 0.6 is 23.4 Å². The summed E-state index contributed by atoms with van der Waals surface area (Å²) in [6.45, 7) is 4.13. The number of benzene rings is 2. The van der Waals surface area contributed by atoms with Crippen LogP contribution in [0, 0.1) is 0 Å². The Balaban J connectivity index is 1.49. The maximum atomic E-state index is 13.6. The normalized spacial score (nSPS) is 19.8. The van der Waals surface area contributed by atoms with Crippen LogP contribution in [0.15, 0.2) is 82.0 Å². The zero-order valence-corrected chi connectivity index (χ0v) is 20.8. The molecule has 1 N–H and O–H groups in total. The van der Waals surface area contributed by atoms with Crippen LogP contribution in [0.25, 0.3) is 0 Å². The molecule has 0 aliphatic carbocycles. The number of nitrogens with one attached hydrogen (secondary N) is 1. The van der Waals surface area contributed by atoms with E-state index in [4.69, 9.17) is 21.3 Å². The molecule has 5 rings (SSSR count). The largest absolute Gasteiger partial charge is 0.378 e. The van der Waals surface area contributed by atoms with E-state index in [-0.39, 0.29) is 18.2 Å². The number of hydrogen-bond donors (Lipinski definition) is 1. The fraction of sp³-hybridized carbons (Fsp3) is 0.269. The third-order valence-corrected chi connectivity index (χ3v) is 7.30. The molecule has 1 saturated heterocycles. The molecule has 1 fully saturated rings. The van der Waals surface area contributed by atoms with E-state index in [1.807, 2.05) is 76.7 Å². The topological polar surface area (TPSA) is 74.2 Å². The second kappa shape index (κ2) is 10.3. The first-order chi connectivity index (χ1) is 17.0. The van der Waals surface area contributed by atoms with Crippen LogP contribution < -0.4 is 5.32 Å². The molecule has 2 amide bonds. The Morgan fingerprint density at radius 3 is 2.54 bits per heavy atom. The monoisotopic (exact) mass is 508 g/mol. The first kappa shape index (κ1) is 23.7. The van der Waals surface area contributed by atoms with Gasteiger partial charge in [0.25, 0.3) is 5.91 Å². The zero-order valence-electron chi connectivity index (χ0n) is 19.2. The third-order valence-electron chi connectivity index (χ3n) is 6.16. The van der Waals surface area contributed by atoms with Crippen molar-refractivity contribution in [2.75, 3.05) is 31.6 Å². The lowest BCUT2D eigenvalue weighted by atomic mass is 9.93. The summed E-state index contributed by atoms with van der Waals surface area (Å²) < 4.78 is 5.39. The van der Waals surface area contributed by atoms with E-state index in [2.05, 4.69) is 5.32 Å². The molecular weight excluding hydrogens is 484 g/mol. The Bertz CT molecular complexity index is 1220. The van der Waals surface area contributed by atoms with E-state index in [1.54, 1.807) is 0 Å². The molecular formula is C26H25ClN4O3S. The van der Waals surface area contributed by atoms with Gasteiger partial charge in [0, 0.05) is 29.5 Å². The smallest absolute Gasteiger partial charge is 0.255 e. The highest BCUT2D eigenvalue weighted by Gasteiger charge is 2.40. The van der Waals surface area contributed by atoms with Gasteiger partial charge in [-0.25, -0.2) is 4.99 Å². The van der Waals surface area contributed by atoms with Crippen LogP contribution in [0.1, 0.15) is 24.9 Å². The van der Waals surface area contributed by atoms with Gasteiger partial charge >= 0.3 is 0 Å². The van der Waals surface area contributed by atoms with Gasteiger partial charge in [-0.1, -0.05) is 53.7 Å². The number of aliphatic imine (C=N–C) groups is 1. The second-order valence-corrected chi connectivity index (χ2v) is 9.71. The van der Waals surface area contributed by atoms with Gasteiger partial charge in [-0.05, 0) is 42.2 Å². The van der Waals surface area contributed by atoms with Gasteiger partial charge < -0.3 is 19.9 Å². The summed E-state index contributed by atoms with van der Waals surface area (Å²) in [6, 6.07) is 16.4. The van der Waals surface area contributed by atoms with Gasteiger partial charge in [-0.2, -0.15) is 0 Å². The number of fused-ring (bicyclic) bond motifs is 1. The van der Waals surface area contributed by atoms with Crippen LogP contribution in [0.2, 0.25) is 5.02 Å². The quantitative estimate of drug-likeness (QED) is 0.628. The summed E-state index contributed by atoms with van der Waals surface area (Å²) in [7, 11) is 0. The summed E-state index contributed by atoms with van der Waals surface area (Å²) in [6.07, 6.45) is 0.225. The second-order valence-electron chi connectivity index (χ2n) is 8.43. The fourth-order valence-corrected chi connectivity index (χ4v) is 5.51. The van der Waals surface area contributed by atoms with Crippen LogP contribution in [0.5, 0.6) is 0 Å². The number of amidine groups is 1. The lowest BCUT2D eigenvalue weighted by Crippen LogP contribution is -2.42. The Kier molecular flexibility index (Phi) is 6.95. The minimum atomic E-state index is -0.442. The van der Waals surface area contributed by atoms with Crippen LogP contribution in [-0.4, -0.2) is 53.1 Å². The summed E-state index contributed by atoms with van der Waals surface area (Å²) >= 11 is 7.65. The summed E-state index contributed by atoms with van der Waals surface area (Å²) in [5.41, 5.74) is 3.60. The Hall–Kier alpha value is -3.07. The number of morpholine rings is 1. The van der Waals surface area contributed by atoms with Crippen molar-refractivity contribution in [3.8, 4) is 0 Å². The van der Waals surface area contributed by atoms with E-state index in [1.165, 1.54) is 11.8 Å². The van der Waals surface area contributed by atoms with Crippen molar-refractivity contribution in [2.45, 2.75) is 19.4 Å². The molecule has 0 saturated carbocycles. The third kappa shape index (κ3) is 5.00. The number of rotatable bonds is 5. The minimum absolute atomic E-state index is 0.0396. The molecule has 3 heterocycles. The average molecular weight is 509 g/mol. The molecule has 35 heavy (non-hydrogen) atoms. The number of nitrogens with zero attached hydrogens (tertiary/aromatic N) is 3. The fourth-order valence-electron chi connectivity index (χ4n) is 4.42. The molecule has 180 valence electrons. The first-order valence-corrected chi connectivity index (χ1v) is 12.7. The molecule has 0 unspecified atom stereocenters. The van der Waals surface area contributed by atoms with E-state index in [0.717, 1.165) is 16.4 Å². The predicted molar refractivity (Wildman–Crippen MR) is 139 cm³/mol. The first-order valence-electron chi connectivity index (χ1n) is 11.4. The van der Waals surface area contributed by atoms with Crippen molar-refractivity contribution in [1.29, 1.82) is 0 Å². The van der Waals surface area contributed by atoms with Crippen molar-refractivity contribution in [3.05, 3.63) is 87.6 Å². The zero-order chi connectivity index (χ0) is 24.4. The van der Waals surface area contributed by atoms with Crippen LogP contribution in [-0.2, 0) is 14.3 Å². The summed E-state index contributed by atoms with van der Waals surface area (Å²) in [5.74, 6) is -0.190. The van der Waals surface area contributed by atoms with Gasteiger partial charge in [-0.15, -0.1) is 0 Å². The van der Waals surface area contributed by atoms with E-state index >= 15 is 0 Å². The number of carbonyl (C=O) groups excluding carboxylic acids is 2. The Morgan fingerprint density at radius 2 is 1.83 bits per heavy atom. The maximum absolute atomic E-state index is 13.6. The van der Waals surface area contributed by atoms with Crippen molar-refractivity contribution >= 4 is 46.0 Å². The van der Waals surface area contributed by atoms with Crippen molar-refractivity contribution < 1.29 is 14.3 Å². The number of amides is 2. The summed E-state index contributed by atoms with van der Waals surface area (Å²) in [4.78, 5) is 35.3. The predicted octanol–water partition coefficient (Wildman–Crippen LogP) is 4.80. The molecule has 7 nitrogen and oxygen atoms in total. The minimum Gasteiger partial charge on any atom is -0.378 e. The molecule has 3 aliphatic rings. The lowest BCUT2D eigenvalue weighted by Gasteiger charge is -2.37. The van der Waals surface area contributed by atoms with Gasteiger partial charge in [0.2, 0.25) is 5.91 Å². The summed E-state index contributed by atoms with van der Waals surface area (Å²) in [5, 5.41) is 6.34. The highest BCUT2D eigenvalue weighted by Crippen LogP contribution is 2.45. The Morgan fingerprint density at radius 1 is 1.11 bits per heavy atom. The van der Waals surface area contributed by atoms with Gasteiger partial charge in [0.05, 0.1) is 36.9 Å². The number of halogens is 1. The molecule has 0 radical (unpaired) electrons. The molecule has 2 aromatic carbocycles. The molecule has 3 aliphatic heterocycles. The SMILES string of the molecule is CC1=C(C(=O)Nc2ccccc2)[C@H](c2ccc(Cl)cc2)N2C(CC(=O)N3CCOCC3)=CSC2=N1. The molecule has 9 heteroatoms. The van der Waals surface area contributed by atoms with Crippen LogP contribution in [0.3, 0.4) is 0 Å². The standard InChI is InChI=1S/C26H25ClN4O3S/c1-17-23(25(33)29-20-5-3-2-4-6-20)24(18-7-9-19(27)10-8-18)31-21(16-35-26(31)28-17)15-22(32)30-11-13-34-14-12-30/h2-10,16,24H,11-15H2,1H3,(H,29,33)/t24-/m0/s1. The van der Waals surface area contributed by atoms with E-state index in [0.29, 0.717) is 48.3 Å². The molecule has 2 aromatic rings. The number of anilines is 1. The Labute approximate surface area is 213 Å². The average Bonchev–Trinajstić information content (AvgIpc) is 3.26. The van der Waals surface area contributed by atoms with Gasteiger partial charge in [0.15, 0.2) is 5.17 Å².